The predicted molar refractivity (Wildman–Crippen MR) is 95.8 cm³/mol. The second-order valence-corrected chi connectivity index (χ2v) is 6.93. The van der Waals surface area contributed by atoms with Crippen LogP contribution in [0.25, 0.3) is 16.6 Å². The van der Waals surface area contributed by atoms with E-state index in [4.69, 9.17) is 0 Å². The maximum absolute atomic E-state index is 11.1. The molecule has 1 atom stereocenters. The number of pyridine rings is 1. The molecule has 7 heteroatoms. The number of fused-ring (bicyclic) bond motifs is 4. The smallest absolute Gasteiger partial charge is 0.270 e. The minimum absolute atomic E-state index is 0.0843. The fourth-order valence-electron chi connectivity index (χ4n) is 4.04. The first kappa shape index (κ1) is 16.2. The van der Waals surface area contributed by atoms with Gasteiger partial charge in [-0.15, -0.1) is 0 Å². The molecule has 0 saturated carbocycles. The molecule has 0 radical (unpaired) electrons. The van der Waals surface area contributed by atoms with Crippen LogP contribution in [-0.4, -0.2) is 32.1 Å². The van der Waals surface area contributed by atoms with E-state index >= 15 is 0 Å². The van der Waals surface area contributed by atoms with Crippen molar-refractivity contribution in [2.45, 2.75) is 26.3 Å². The van der Waals surface area contributed by atoms with Crippen LogP contribution < -0.4 is 0 Å². The second kappa shape index (κ2) is 5.38. The number of hydrogen-bond donors (Lipinski definition) is 1. The van der Waals surface area contributed by atoms with Crippen LogP contribution in [-0.2, 0) is 6.42 Å². The molecule has 26 heavy (non-hydrogen) atoms. The summed E-state index contributed by atoms with van der Waals surface area (Å²) in [6.07, 6.45) is 4.29. The number of nitro benzene ring substituents is 1. The van der Waals surface area contributed by atoms with Crippen molar-refractivity contribution in [3.63, 3.8) is 0 Å². The number of aliphatic hydroxyl groups is 1. The van der Waals surface area contributed by atoms with Gasteiger partial charge >= 0.3 is 0 Å². The topological polar surface area (TPSA) is 100 Å². The van der Waals surface area contributed by atoms with Gasteiger partial charge in [0.25, 0.3) is 5.69 Å². The molecule has 2 aromatic rings. The molecule has 1 aromatic carbocycles. The Bertz CT molecular complexity index is 1080. The monoisotopic (exact) mass is 349 g/mol. The van der Waals surface area contributed by atoms with Crippen LogP contribution in [0, 0.1) is 21.4 Å². The zero-order chi connectivity index (χ0) is 18.6. The normalized spacial score (nSPS) is 21.0. The van der Waals surface area contributed by atoms with Crippen LogP contribution in [0.4, 0.5) is 5.69 Å². The van der Waals surface area contributed by atoms with E-state index in [1.54, 1.807) is 12.1 Å². The highest BCUT2D eigenvalue weighted by Gasteiger charge is 2.47. The van der Waals surface area contributed by atoms with Gasteiger partial charge in [0.1, 0.15) is 12.3 Å². The van der Waals surface area contributed by atoms with Crippen LogP contribution in [0.2, 0.25) is 0 Å². The Morgan fingerprint density at radius 2 is 2.19 bits per heavy atom. The summed E-state index contributed by atoms with van der Waals surface area (Å²) in [5.41, 5.74) is 2.84. The summed E-state index contributed by atoms with van der Waals surface area (Å²) in [6.45, 7) is 4.88. The highest BCUT2D eigenvalue weighted by atomic mass is 16.6. The Labute approximate surface area is 149 Å². The average molecular weight is 349 g/mol. The van der Waals surface area contributed by atoms with E-state index in [0.29, 0.717) is 38.6 Å². The van der Waals surface area contributed by atoms with Crippen LogP contribution in [0.1, 0.15) is 30.7 Å². The molecular formula is C19H17N4O3+. The number of nitro groups is 1. The number of non-ortho nitro benzene ring substituents is 1. The summed E-state index contributed by atoms with van der Waals surface area (Å²) in [7, 11) is 0. The van der Waals surface area contributed by atoms with E-state index in [-0.39, 0.29) is 17.5 Å². The van der Waals surface area contributed by atoms with Gasteiger partial charge in [-0.25, -0.2) is 0 Å². The lowest BCUT2D eigenvalue weighted by Crippen LogP contribution is -2.49. The average Bonchev–Trinajstić information content (AvgIpc) is 2.97. The van der Waals surface area contributed by atoms with Gasteiger partial charge in [-0.2, -0.15) is 5.26 Å². The summed E-state index contributed by atoms with van der Waals surface area (Å²) < 4.78 is 0.454. The van der Waals surface area contributed by atoms with Crippen LogP contribution in [0.3, 0.4) is 0 Å². The Morgan fingerprint density at radius 3 is 2.85 bits per heavy atom. The van der Waals surface area contributed by atoms with E-state index in [1.165, 1.54) is 12.1 Å². The van der Waals surface area contributed by atoms with Gasteiger partial charge in [0.05, 0.1) is 39.8 Å². The standard InChI is InChI=1S/C19H16N4O3/c1-11(2)23-7-5-16-18(19(23)17(24)6-8-23)14(10-20)13-9-12(22(25)26)3-4-15(13)21-16/h3-4,6,8-9,11H,5,7H2,1-2H3/p+1. The molecule has 1 unspecified atom stereocenters. The highest BCUT2D eigenvalue weighted by Crippen LogP contribution is 2.45. The number of nitrogens with zero attached hydrogens (tertiary/aromatic N) is 4. The molecule has 4 rings (SSSR count). The van der Waals surface area contributed by atoms with Gasteiger partial charge in [-0.05, 0) is 19.9 Å². The van der Waals surface area contributed by atoms with Crippen molar-refractivity contribution < 1.29 is 14.5 Å². The maximum Gasteiger partial charge on any atom is 0.270 e. The third-order valence-corrected chi connectivity index (χ3v) is 5.40. The summed E-state index contributed by atoms with van der Waals surface area (Å²) in [4.78, 5) is 15.3. The maximum atomic E-state index is 11.1. The molecule has 0 bridgehead atoms. The van der Waals surface area contributed by atoms with Crippen molar-refractivity contribution in [2.75, 3.05) is 6.54 Å². The van der Waals surface area contributed by atoms with Crippen LogP contribution in [0.15, 0.2) is 36.2 Å². The van der Waals surface area contributed by atoms with E-state index in [2.05, 4.69) is 24.9 Å². The Balaban J connectivity index is 2.09. The molecule has 0 aliphatic carbocycles. The highest BCUT2D eigenvalue weighted by molar-refractivity contribution is 5.92. The molecule has 1 N–H and O–H groups in total. The molecule has 0 spiro atoms. The van der Waals surface area contributed by atoms with Gasteiger partial charge in [-0.1, -0.05) is 0 Å². The number of allylic oxidation sites excluding steroid dienone is 1. The lowest BCUT2D eigenvalue weighted by atomic mass is 9.91. The summed E-state index contributed by atoms with van der Waals surface area (Å²) in [5.74, 6) is 0.128. The number of nitriles is 1. The van der Waals surface area contributed by atoms with E-state index in [0.717, 1.165) is 12.2 Å². The lowest BCUT2D eigenvalue weighted by Gasteiger charge is -2.41. The molecule has 0 fully saturated rings. The first-order chi connectivity index (χ1) is 12.4. The Morgan fingerprint density at radius 1 is 1.42 bits per heavy atom. The number of benzene rings is 1. The second-order valence-electron chi connectivity index (χ2n) is 6.93. The zero-order valence-electron chi connectivity index (χ0n) is 14.4. The van der Waals surface area contributed by atoms with Crippen molar-refractivity contribution in [3.05, 3.63) is 63.2 Å². The molecule has 2 aliphatic rings. The molecule has 0 amide bonds. The van der Waals surface area contributed by atoms with E-state index in [9.17, 15) is 20.5 Å². The van der Waals surface area contributed by atoms with Gasteiger partial charge in [0.15, 0.2) is 11.5 Å². The van der Waals surface area contributed by atoms with Crippen molar-refractivity contribution in [3.8, 4) is 6.07 Å². The fourth-order valence-corrected chi connectivity index (χ4v) is 4.04. The van der Waals surface area contributed by atoms with E-state index < -0.39 is 4.92 Å². The third-order valence-electron chi connectivity index (χ3n) is 5.40. The first-order valence-corrected chi connectivity index (χ1v) is 8.41. The molecule has 3 heterocycles. The van der Waals surface area contributed by atoms with E-state index in [1.807, 2.05) is 6.20 Å². The van der Waals surface area contributed by atoms with Crippen LogP contribution >= 0.6 is 0 Å². The summed E-state index contributed by atoms with van der Waals surface area (Å²) in [5, 5.41) is 32.0. The van der Waals surface area contributed by atoms with Gasteiger partial charge in [0.2, 0.25) is 0 Å². The van der Waals surface area contributed by atoms with Crippen LogP contribution in [0.5, 0.6) is 0 Å². The van der Waals surface area contributed by atoms with Gasteiger partial charge in [-0.3, -0.25) is 19.6 Å². The molecule has 1 aromatic heterocycles. The van der Waals surface area contributed by atoms with Crippen molar-refractivity contribution in [2.24, 2.45) is 0 Å². The number of hydrogen-bond acceptors (Lipinski definition) is 5. The largest absolute Gasteiger partial charge is 0.503 e. The molecular weight excluding hydrogens is 332 g/mol. The molecule has 7 nitrogen and oxygen atoms in total. The first-order valence-electron chi connectivity index (χ1n) is 8.41. The van der Waals surface area contributed by atoms with Gasteiger partial charge in [0, 0.05) is 30.0 Å². The predicted octanol–water partition coefficient (Wildman–Crippen LogP) is 3.55. The SMILES string of the molecule is CC(C)[N+]12C=CC(O)=C1c1c(nc3ccc([N+](=O)[O-])cc3c1C#N)CC2. The molecule has 0 saturated heterocycles. The Kier molecular flexibility index (Phi) is 3.36. The Hall–Kier alpha value is -3.24. The number of rotatable bonds is 2. The summed E-state index contributed by atoms with van der Waals surface area (Å²) >= 11 is 0. The third kappa shape index (κ3) is 1.99. The minimum Gasteiger partial charge on any atom is -0.503 e. The quantitative estimate of drug-likeness (QED) is 0.508. The number of aliphatic hydroxyl groups excluding tert-OH is 1. The van der Waals surface area contributed by atoms with Crippen molar-refractivity contribution in [1.29, 1.82) is 5.26 Å². The number of quaternary nitrogens is 1. The zero-order valence-corrected chi connectivity index (χ0v) is 14.4. The molecule has 2 aliphatic heterocycles. The van der Waals surface area contributed by atoms with Crippen molar-refractivity contribution >= 4 is 22.3 Å². The van der Waals surface area contributed by atoms with Crippen molar-refractivity contribution in [1.82, 2.24) is 4.98 Å². The molecule has 130 valence electrons. The van der Waals surface area contributed by atoms with Gasteiger partial charge < -0.3 is 5.11 Å². The summed E-state index contributed by atoms with van der Waals surface area (Å²) in [6, 6.07) is 6.74. The fraction of sp³-hybridized carbons (Fsp3) is 0.263. The lowest BCUT2D eigenvalue weighted by molar-refractivity contribution is -0.830. The minimum atomic E-state index is -0.484. The number of aromatic nitrogens is 1.